The van der Waals surface area contributed by atoms with E-state index in [1.807, 2.05) is 6.07 Å². The van der Waals surface area contributed by atoms with E-state index in [9.17, 15) is 13.2 Å². The summed E-state index contributed by atoms with van der Waals surface area (Å²) < 4.78 is 22.8. The number of rotatable bonds is 3. The summed E-state index contributed by atoms with van der Waals surface area (Å²) in [4.78, 5) is 13.4. The average Bonchev–Trinajstić information content (AvgIpc) is 2.35. The van der Waals surface area contributed by atoms with Crippen LogP contribution in [0.5, 0.6) is 0 Å². The van der Waals surface area contributed by atoms with Gasteiger partial charge >= 0.3 is 0 Å². The molecule has 5 nitrogen and oxygen atoms in total. The highest BCUT2D eigenvalue weighted by Crippen LogP contribution is 2.13. The summed E-state index contributed by atoms with van der Waals surface area (Å²) >= 11 is 0. The molecule has 0 spiro atoms. The van der Waals surface area contributed by atoms with E-state index >= 15 is 0 Å². The van der Waals surface area contributed by atoms with E-state index in [-0.39, 0.29) is 16.4 Å². The van der Waals surface area contributed by atoms with Crippen molar-refractivity contribution < 1.29 is 13.2 Å². The first-order chi connectivity index (χ1) is 8.27. The van der Waals surface area contributed by atoms with Crippen LogP contribution in [0.2, 0.25) is 0 Å². The molecule has 0 radical (unpaired) electrons. The van der Waals surface area contributed by atoms with Gasteiger partial charge in [0.1, 0.15) is 6.04 Å². The zero-order valence-corrected chi connectivity index (χ0v) is 11.2. The number of hydrogen-bond donors (Lipinski definition) is 0. The Labute approximate surface area is 107 Å². The van der Waals surface area contributed by atoms with Crippen molar-refractivity contribution >= 4 is 15.7 Å². The zero-order valence-electron chi connectivity index (χ0n) is 10.4. The number of carbonyl (C=O) groups is 1. The Balaban J connectivity index is 3.13. The fraction of sp³-hybridized carbons (Fsp3) is 0.333. The molecule has 0 aliphatic rings. The lowest BCUT2D eigenvalue weighted by atomic mass is 10.2. The normalized spacial score (nSPS) is 12.6. The van der Waals surface area contributed by atoms with Crippen molar-refractivity contribution in [1.29, 1.82) is 5.26 Å². The summed E-state index contributed by atoms with van der Waals surface area (Å²) in [6.07, 6.45) is 1.08. The first kappa shape index (κ1) is 14.2. The van der Waals surface area contributed by atoms with Gasteiger partial charge in [-0.1, -0.05) is 6.07 Å². The van der Waals surface area contributed by atoms with Gasteiger partial charge in [-0.3, -0.25) is 4.79 Å². The quantitative estimate of drug-likeness (QED) is 0.820. The van der Waals surface area contributed by atoms with Crippen LogP contribution in [0.15, 0.2) is 29.2 Å². The molecule has 0 saturated carbocycles. The standard InChI is InChI=1S/C12H14N2O3S/c1-9(8-13)14(2)12(15)10-5-4-6-11(7-10)18(3,16)17/h4-7,9H,1-3H3. The van der Waals surface area contributed by atoms with Gasteiger partial charge in [-0.25, -0.2) is 8.42 Å². The first-order valence-electron chi connectivity index (χ1n) is 5.24. The van der Waals surface area contributed by atoms with E-state index in [2.05, 4.69) is 0 Å². The van der Waals surface area contributed by atoms with Crippen LogP contribution in [0.25, 0.3) is 0 Å². The monoisotopic (exact) mass is 266 g/mol. The van der Waals surface area contributed by atoms with Crippen molar-refractivity contribution in [2.24, 2.45) is 0 Å². The van der Waals surface area contributed by atoms with E-state index < -0.39 is 15.9 Å². The lowest BCUT2D eigenvalue weighted by Gasteiger charge is -2.19. The van der Waals surface area contributed by atoms with Gasteiger partial charge in [0.15, 0.2) is 9.84 Å². The van der Waals surface area contributed by atoms with Gasteiger partial charge in [0.05, 0.1) is 11.0 Å². The van der Waals surface area contributed by atoms with E-state index in [1.165, 1.54) is 36.2 Å². The van der Waals surface area contributed by atoms with E-state index in [4.69, 9.17) is 5.26 Å². The van der Waals surface area contributed by atoms with Gasteiger partial charge in [0.2, 0.25) is 0 Å². The molecule has 1 atom stereocenters. The molecule has 0 saturated heterocycles. The molecule has 0 aliphatic heterocycles. The minimum Gasteiger partial charge on any atom is -0.326 e. The second-order valence-corrected chi connectivity index (χ2v) is 6.04. The second-order valence-electron chi connectivity index (χ2n) is 4.02. The lowest BCUT2D eigenvalue weighted by molar-refractivity contribution is 0.0773. The van der Waals surface area contributed by atoms with Gasteiger partial charge < -0.3 is 4.90 Å². The number of sulfone groups is 1. The lowest BCUT2D eigenvalue weighted by Crippen LogP contribution is -2.34. The average molecular weight is 266 g/mol. The predicted octanol–water partition coefficient (Wildman–Crippen LogP) is 1.07. The predicted molar refractivity (Wildman–Crippen MR) is 66.7 cm³/mol. The smallest absolute Gasteiger partial charge is 0.254 e. The Hall–Kier alpha value is -1.87. The fourth-order valence-electron chi connectivity index (χ4n) is 1.33. The summed E-state index contributed by atoms with van der Waals surface area (Å²) in [6, 6.07) is 7.16. The molecule has 1 aromatic carbocycles. The van der Waals surface area contributed by atoms with E-state index in [0.29, 0.717) is 0 Å². The Bertz CT molecular complexity index is 602. The highest BCUT2D eigenvalue weighted by Gasteiger charge is 2.18. The van der Waals surface area contributed by atoms with Crippen LogP contribution in [0.1, 0.15) is 17.3 Å². The Morgan fingerprint density at radius 1 is 1.44 bits per heavy atom. The molecule has 1 unspecified atom stereocenters. The third kappa shape index (κ3) is 3.08. The zero-order chi connectivity index (χ0) is 13.9. The maximum atomic E-state index is 12.0. The molecule has 0 bridgehead atoms. The summed E-state index contributed by atoms with van der Waals surface area (Å²) in [7, 11) is -1.84. The maximum Gasteiger partial charge on any atom is 0.254 e. The Kier molecular flexibility index (Phi) is 4.09. The van der Waals surface area contributed by atoms with Gasteiger partial charge in [0, 0.05) is 18.9 Å². The fourth-order valence-corrected chi connectivity index (χ4v) is 1.99. The minimum atomic E-state index is -3.35. The van der Waals surface area contributed by atoms with Crippen LogP contribution in [-0.2, 0) is 9.84 Å². The Morgan fingerprint density at radius 3 is 2.56 bits per heavy atom. The third-order valence-electron chi connectivity index (χ3n) is 2.60. The van der Waals surface area contributed by atoms with Gasteiger partial charge in [-0.2, -0.15) is 5.26 Å². The van der Waals surface area contributed by atoms with Crippen molar-refractivity contribution in [1.82, 2.24) is 4.90 Å². The molecule has 18 heavy (non-hydrogen) atoms. The number of nitriles is 1. The molecule has 0 aromatic heterocycles. The molecule has 6 heteroatoms. The van der Waals surface area contributed by atoms with E-state index in [0.717, 1.165) is 6.26 Å². The van der Waals surface area contributed by atoms with Crippen LogP contribution in [0.4, 0.5) is 0 Å². The molecular weight excluding hydrogens is 252 g/mol. The number of nitrogens with zero attached hydrogens (tertiary/aromatic N) is 2. The molecule has 1 rings (SSSR count). The highest BCUT2D eigenvalue weighted by molar-refractivity contribution is 7.90. The summed E-state index contributed by atoms with van der Waals surface area (Å²) in [6.45, 7) is 1.60. The topological polar surface area (TPSA) is 78.2 Å². The van der Waals surface area contributed by atoms with Crippen molar-refractivity contribution in [3.05, 3.63) is 29.8 Å². The number of benzene rings is 1. The summed E-state index contributed by atoms with van der Waals surface area (Å²) in [5.74, 6) is -0.380. The number of hydrogen-bond acceptors (Lipinski definition) is 4. The van der Waals surface area contributed by atoms with Crippen molar-refractivity contribution in [2.75, 3.05) is 13.3 Å². The molecular formula is C12H14N2O3S. The van der Waals surface area contributed by atoms with Crippen molar-refractivity contribution in [2.45, 2.75) is 17.9 Å². The second kappa shape index (κ2) is 5.19. The summed E-state index contributed by atoms with van der Waals surface area (Å²) in [5, 5.41) is 8.75. The molecule has 0 fully saturated rings. The number of carbonyl (C=O) groups excluding carboxylic acids is 1. The van der Waals surface area contributed by atoms with Gasteiger partial charge in [0.25, 0.3) is 5.91 Å². The largest absolute Gasteiger partial charge is 0.326 e. The Morgan fingerprint density at radius 2 is 2.06 bits per heavy atom. The highest BCUT2D eigenvalue weighted by atomic mass is 32.2. The molecule has 0 heterocycles. The van der Waals surface area contributed by atoms with Crippen LogP contribution in [-0.4, -0.2) is 38.6 Å². The van der Waals surface area contributed by atoms with Gasteiger partial charge in [-0.05, 0) is 25.1 Å². The first-order valence-corrected chi connectivity index (χ1v) is 7.13. The SMILES string of the molecule is CC(C#N)N(C)C(=O)c1cccc(S(C)(=O)=O)c1. The molecule has 0 aliphatic carbocycles. The summed E-state index contributed by atoms with van der Waals surface area (Å²) in [5.41, 5.74) is 0.252. The molecule has 1 aromatic rings. The maximum absolute atomic E-state index is 12.0. The third-order valence-corrected chi connectivity index (χ3v) is 3.71. The van der Waals surface area contributed by atoms with Gasteiger partial charge in [-0.15, -0.1) is 0 Å². The van der Waals surface area contributed by atoms with Crippen LogP contribution in [0.3, 0.4) is 0 Å². The molecule has 0 N–H and O–H groups in total. The van der Waals surface area contributed by atoms with Crippen LogP contribution < -0.4 is 0 Å². The molecule has 96 valence electrons. The van der Waals surface area contributed by atoms with Crippen LogP contribution >= 0.6 is 0 Å². The van der Waals surface area contributed by atoms with Crippen LogP contribution in [0, 0.1) is 11.3 Å². The minimum absolute atomic E-state index is 0.0892. The van der Waals surface area contributed by atoms with Crippen molar-refractivity contribution in [3.63, 3.8) is 0 Å². The van der Waals surface area contributed by atoms with E-state index in [1.54, 1.807) is 6.92 Å². The number of amides is 1. The molecule has 1 amide bonds. The van der Waals surface area contributed by atoms with Crippen molar-refractivity contribution in [3.8, 4) is 6.07 Å².